The van der Waals surface area contributed by atoms with Crippen molar-refractivity contribution < 1.29 is 0 Å². The first-order chi connectivity index (χ1) is 7.95. The minimum atomic E-state index is 0.553. The zero-order valence-corrected chi connectivity index (χ0v) is 10.4. The van der Waals surface area contributed by atoms with Gasteiger partial charge in [-0.05, 0) is 43.7 Å². The van der Waals surface area contributed by atoms with Crippen molar-refractivity contribution in [2.45, 2.75) is 37.8 Å². The molecule has 1 aromatic heterocycles. The Morgan fingerprint density at radius 1 is 1.31 bits per heavy atom. The lowest BCUT2D eigenvalue weighted by Gasteiger charge is -2.26. The molecular weight excluding hydrogens is 218 g/mol. The molecular formula is C12H19N3S. The van der Waals surface area contributed by atoms with Crippen LogP contribution >= 0.6 is 11.8 Å². The van der Waals surface area contributed by atoms with E-state index in [4.69, 9.17) is 0 Å². The molecule has 3 heterocycles. The molecule has 0 spiro atoms. The molecule has 2 saturated heterocycles. The van der Waals surface area contributed by atoms with Crippen molar-refractivity contribution in [2.24, 2.45) is 0 Å². The Morgan fingerprint density at radius 2 is 2.19 bits per heavy atom. The van der Waals surface area contributed by atoms with E-state index < -0.39 is 0 Å². The minimum absolute atomic E-state index is 0.553. The number of hydrogen-bond acceptors (Lipinski definition) is 3. The normalized spacial score (nSPS) is 27.4. The van der Waals surface area contributed by atoms with Crippen LogP contribution in [0.1, 0.15) is 43.5 Å². The van der Waals surface area contributed by atoms with Crippen LogP contribution in [0, 0.1) is 0 Å². The average molecular weight is 237 g/mol. The molecule has 2 aliphatic heterocycles. The van der Waals surface area contributed by atoms with E-state index in [1.165, 1.54) is 42.9 Å². The fraction of sp³-hybridized carbons (Fsp3) is 0.750. The zero-order valence-electron chi connectivity index (χ0n) is 9.56. The number of imidazole rings is 1. The van der Waals surface area contributed by atoms with Gasteiger partial charge in [0.05, 0.1) is 12.0 Å². The van der Waals surface area contributed by atoms with E-state index >= 15 is 0 Å². The Morgan fingerprint density at radius 3 is 2.94 bits per heavy atom. The maximum Gasteiger partial charge on any atom is 0.0951 e. The second-order valence-electron chi connectivity index (χ2n) is 4.72. The van der Waals surface area contributed by atoms with Crippen LogP contribution in [0.2, 0.25) is 0 Å². The molecule has 0 amide bonds. The summed E-state index contributed by atoms with van der Waals surface area (Å²) < 4.78 is 2.43. The van der Waals surface area contributed by atoms with Crippen molar-refractivity contribution in [3.8, 4) is 0 Å². The van der Waals surface area contributed by atoms with Gasteiger partial charge in [-0.3, -0.25) is 0 Å². The van der Waals surface area contributed by atoms with Gasteiger partial charge in [-0.25, -0.2) is 4.98 Å². The summed E-state index contributed by atoms with van der Waals surface area (Å²) in [6, 6.07) is 1.25. The predicted molar refractivity (Wildman–Crippen MR) is 67.8 cm³/mol. The maximum atomic E-state index is 4.36. The second kappa shape index (κ2) is 4.80. The number of aromatic nitrogens is 2. The highest BCUT2D eigenvalue weighted by Gasteiger charge is 2.24. The lowest BCUT2D eigenvalue weighted by Crippen LogP contribution is -2.21. The van der Waals surface area contributed by atoms with Crippen molar-refractivity contribution in [1.82, 2.24) is 14.9 Å². The van der Waals surface area contributed by atoms with Gasteiger partial charge in [0.2, 0.25) is 0 Å². The van der Waals surface area contributed by atoms with Crippen molar-refractivity contribution >= 4 is 11.8 Å². The van der Waals surface area contributed by atoms with E-state index in [2.05, 4.69) is 32.8 Å². The van der Waals surface area contributed by atoms with Crippen molar-refractivity contribution in [3.63, 3.8) is 0 Å². The van der Waals surface area contributed by atoms with Crippen molar-refractivity contribution in [3.05, 3.63) is 18.2 Å². The van der Waals surface area contributed by atoms with Crippen LogP contribution in [0.3, 0.4) is 0 Å². The summed E-state index contributed by atoms with van der Waals surface area (Å²) in [6.45, 7) is 1.16. The molecule has 0 saturated carbocycles. The van der Waals surface area contributed by atoms with Gasteiger partial charge >= 0.3 is 0 Å². The van der Waals surface area contributed by atoms with Gasteiger partial charge < -0.3 is 9.88 Å². The molecule has 1 atom stereocenters. The number of nitrogens with one attached hydrogen (secondary N) is 1. The van der Waals surface area contributed by atoms with E-state index in [1.807, 2.05) is 6.33 Å². The van der Waals surface area contributed by atoms with E-state index in [9.17, 15) is 0 Å². The quantitative estimate of drug-likeness (QED) is 0.856. The van der Waals surface area contributed by atoms with Gasteiger partial charge in [0.15, 0.2) is 0 Å². The molecule has 4 heteroatoms. The average Bonchev–Trinajstić information content (AvgIpc) is 3.01. The van der Waals surface area contributed by atoms with Crippen molar-refractivity contribution in [1.29, 1.82) is 0 Å². The standard InChI is InChI=1S/C12H19N3S/c1-2-11(14-5-1)12-8-13-9-15(12)10-3-6-16-7-4-10/h8-11,14H,1-7H2. The molecule has 0 aromatic carbocycles. The molecule has 3 nitrogen and oxygen atoms in total. The number of thioether (sulfide) groups is 1. The third-order valence-electron chi connectivity index (χ3n) is 3.70. The molecule has 2 aliphatic rings. The van der Waals surface area contributed by atoms with Crippen molar-refractivity contribution in [2.75, 3.05) is 18.1 Å². The highest BCUT2D eigenvalue weighted by molar-refractivity contribution is 7.99. The Bertz CT molecular complexity index is 338. The fourth-order valence-corrected chi connectivity index (χ4v) is 3.87. The third-order valence-corrected chi connectivity index (χ3v) is 4.75. The molecule has 1 N–H and O–H groups in total. The molecule has 88 valence electrons. The molecule has 0 bridgehead atoms. The monoisotopic (exact) mass is 237 g/mol. The lowest BCUT2D eigenvalue weighted by molar-refractivity contribution is 0.436. The van der Waals surface area contributed by atoms with E-state index in [0.29, 0.717) is 12.1 Å². The number of rotatable bonds is 2. The number of nitrogens with zero attached hydrogens (tertiary/aromatic N) is 2. The van der Waals surface area contributed by atoms with Gasteiger partial charge in [-0.2, -0.15) is 11.8 Å². The topological polar surface area (TPSA) is 29.9 Å². The first-order valence-corrected chi connectivity index (χ1v) is 7.43. The molecule has 2 fully saturated rings. The third kappa shape index (κ3) is 2.00. The van der Waals surface area contributed by atoms with Gasteiger partial charge in [0, 0.05) is 18.3 Å². The summed E-state index contributed by atoms with van der Waals surface area (Å²) in [7, 11) is 0. The zero-order chi connectivity index (χ0) is 10.8. The first kappa shape index (κ1) is 10.7. The van der Waals surface area contributed by atoms with E-state index in [-0.39, 0.29) is 0 Å². The van der Waals surface area contributed by atoms with E-state index in [0.717, 1.165) is 6.54 Å². The molecule has 1 unspecified atom stereocenters. The Hall–Kier alpha value is -0.480. The summed E-state index contributed by atoms with van der Waals surface area (Å²) in [5.74, 6) is 2.61. The summed E-state index contributed by atoms with van der Waals surface area (Å²) in [5, 5.41) is 3.57. The molecule has 0 radical (unpaired) electrons. The Kier molecular flexibility index (Phi) is 3.20. The SMILES string of the molecule is c1ncn(C2CCSCC2)c1C1CCCN1. The summed E-state index contributed by atoms with van der Waals surface area (Å²) >= 11 is 2.08. The summed E-state index contributed by atoms with van der Waals surface area (Å²) in [5.41, 5.74) is 1.41. The summed E-state index contributed by atoms with van der Waals surface area (Å²) in [6.07, 6.45) is 9.28. The van der Waals surface area contributed by atoms with Crippen LogP contribution in [0.4, 0.5) is 0 Å². The predicted octanol–water partition coefficient (Wildman–Crippen LogP) is 2.38. The lowest BCUT2D eigenvalue weighted by atomic mass is 10.1. The Labute approximate surface area is 101 Å². The van der Waals surface area contributed by atoms with E-state index in [1.54, 1.807) is 0 Å². The smallest absolute Gasteiger partial charge is 0.0951 e. The molecule has 0 aliphatic carbocycles. The van der Waals surface area contributed by atoms with Crippen LogP contribution in [-0.4, -0.2) is 27.6 Å². The molecule has 1 aromatic rings. The highest BCUT2D eigenvalue weighted by atomic mass is 32.2. The van der Waals surface area contributed by atoms with Gasteiger partial charge in [0.25, 0.3) is 0 Å². The molecule has 3 rings (SSSR count). The Balaban J connectivity index is 1.80. The highest BCUT2D eigenvalue weighted by Crippen LogP contribution is 2.31. The van der Waals surface area contributed by atoms with Crippen LogP contribution in [0.25, 0.3) is 0 Å². The van der Waals surface area contributed by atoms with Crippen LogP contribution < -0.4 is 5.32 Å². The van der Waals surface area contributed by atoms with Crippen LogP contribution in [0.5, 0.6) is 0 Å². The van der Waals surface area contributed by atoms with Crippen LogP contribution in [0.15, 0.2) is 12.5 Å². The fourth-order valence-electron chi connectivity index (χ4n) is 2.79. The van der Waals surface area contributed by atoms with Gasteiger partial charge in [-0.1, -0.05) is 0 Å². The van der Waals surface area contributed by atoms with Gasteiger partial charge in [0.1, 0.15) is 0 Å². The largest absolute Gasteiger partial charge is 0.330 e. The maximum absolute atomic E-state index is 4.36. The van der Waals surface area contributed by atoms with Gasteiger partial charge in [-0.15, -0.1) is 0 Å². The first-order valence-electron chi connectivity index (χ1n) is 6.28. The summed E-state index contributed by atoms with van der Waals surface area (Å²) in [4.78, 5) is 4.36. The minimum Gasteiger partial charge on any atom is -0.330 e. The number of hydrogen-bond donors (Lipinski definition) is 1. The molecule has 16 heavy (non-hydrogen) atoms. The van der Waals surface area contributed by atoms with Crippen LogP contribution in [-0.2, 0) is 0 Å². The second-order valence-corrected chi connectivity index (χ2v) is 5.94.